The third-order valence-electron chi connectivity index (χ3n) is 6.83. The van der Waals surface area contributed by atoms with Gasteiger partial charge < -0.3 is 19.5 Å². The number of carbonyl (C=O) groups excluding carboxylic acids is 2. The molecule has 2 aromatic carbocycles. The van der Waals surface area contributed by atoms with Crippen LogP contribution in [-0.4, -0.2) is 40.9 Å². The van der Waals surface area contributed by atoms with Crippen LogP contribution in [0.3, 0.4) is 0 Å². The topological polar surface area (TPSA) is 82.9 Å². The molecule has 0 saturated heterocycles. The summed E-state index contributed by atoms with van der Waals surface area (Å²) >= 11 is 0. The van der Waals surface area contributed by atoms with Crippen molar-refractivity contribution >= 4 is 22.9 Å². The quantitative estimate of drug-likeness (QED) is 0.411. The minimum Gasteiger partial charge on any atom is -0.464 e. The van der Waals surface area contributed by atoms with Crippen LogP contribution in [0.1, 0.15) is 48.8 Å². The summed E-state index contributed by atoms with van der Waals surface area (Å²) in [5.74, 6) is -0.256. The number of rotatable bonds is 9. The van der Waals surface area contributed by atoms with E-state index in [1.807, 2.05) is 43.3 Å². The van der Waals surface area contributed by atoms with E-state index in [9.17, 15) is 14.4 Å². The van der Waals surface area contributed by atoms with Gasteiger partial charge in [0, 0.05) is 19.1 Å². The number of amides is 3. The molecule has 7 nitrogen and oxygen atoms in total. The van der Waals surface area contributed by atoms with Crippen LogP contribution >= 0.6 is 0 Å². The number of hydrogen-bond donors (Lipinski definition) is 1. The van der Waals surface area contributed by atoms with Gasteiger partial charge in [-0.15, -0.1) is 6.58 Å². The van der Waals surface area contributed by atoms with Crippen LogP contribution in [-0.2, 0) is 17.9 Å². The molecule has 3 aromatic rings. The second-order valence-corrected chi connectivity index (χ2v) is 9.78. The molecule has 0 bridgehead atoms. The van der Waals surface area contributed by atoms with Crippen LogP contribution in [0.5, 0.6) is 0 Å². The molecule has 3 amide bonds. The number of carbonyl (C=O) groups is 2. The second-order valence-electron chi connectivity index (χ2n) is 9.78. The van der Waals surface area contributed by atoms with Gasteiger partial charge in [-0.2, -0.15) is 0 Å². The molecular formula is C30H35N3O4. The van der Waals surface area contributed by atoms with E-state index in [1.165, 1.54) is 17.6 Å². The van der Waals surface area contributed by atoms with Gasteiger partial charge in [0.1, 0.15) is 12.1 Å². The summed E-state index contributed by atoms with van der Waals surface area (Å²) in [4.78, 5) is 43.0. The van der Waals surface area contributed by atoms with Gasteiger partial charge in [-0.1, -0.05) is 67.3 Å². The molecule has 37 heavy (non-hydrogen) atoms. The van der Waals surface area contributed by atoms with Crippen molar-refractivity contribution in [3.8, 4) is 0 Å². The molecule has 1 N–H and O–H groups in total. The number of urea groups is 1. The zero-order chi connectivity index (χ0) is 26.2. The van der Waals surface area contributed by atoms with Crippen LogP contribution in [0.2, 0.25) is 0 Å². The second kappa shape index (κ2) is 12.4. The Kier molecular flexibility index (Phi) is 8.77. The number of nitrogens with one attached hydrogen (secondary N) is 1. The molecule has 4 rings (SSSR count). The molecule has 0 radical (unpaired) electrons. The van der Waals surface area contributed by atoms with Gasteiger partial charge in [0.15, 0.2) is 5.43 Å². The van der Waals surface area contributed by atoms with Gasteiger partial charge in [-0.05, 0) is 37.5 Å². The van der Waals surface area contributed by atoms with Crippen molar-refractivity contribution in [2.24, 2.45) is 0 Å². The molecule has 1 heterocycles. The summed E-state index contributed by atoms with van der Waals surface area (Å²) in [6, 6.07) is 14.9. The molecule has 1 fully saturated rings. The van der Waals surface area contributed by atoms with Gasteiger partial charge in [-0.3, -0.25) is 9.59 Å². The lowest BCUT2D eigenvalue weighted by Gasteiger charge is -2.30. The van der Waals surface area contributed by atoms with E-state index < -0.39 is 0 Å². The minimum absolute atomic E-state index is 0.0755. The lowest BCUT2D eigenvalue weighted by Crippen LogP contribution is -2.49. The van der Waals surface area contributed by atoms with Crippen LogP contribution < -0.4 is 10.7 Å². The Morgan fingerprint density at radius 2 is 1.81 bits per heavy atom. The van der Waals surface area contributed by atoms with Crippen molar-refractivity contribution < 1.29 is 14.0 Å². The highest BCUT2D eigenvalue weighted by Crippen LogP contribution is 2.18. The number of hydrogen-bond acceptors (Lipinski definition) is 4. The van der Waals surface area contributed by atoms with E-state index in [0.717, 1.165) is 36.8 Å². The maximum absolute atomic E-state index is 13.6. The molecule has 1 aliphatic carbocycles. The predicted octanol–water partition coefficient (Wildman–Crippen LogP) is 5.16. The molecule has 0 atom stereocenters. The Morgan fingerprint density at radius 3 is 2.54 bits per heavy atom. The van der Waals surface area contributed by atoms with Crippen LogP contribution in [0.4, 0.5) is 4.79 Å². The van der Waals surface area contributed by atoms with Gasteiger partial charge in [0.25, 0.3) is 0 Å². The Bertz CT molecular complexity index is 1300. The summed E-state index contributed by atoms with van der Waals surface area (Å²) in [6.07, 6.45) is 8.36. The molecule has 0 spiro atoms. The monoisotopic (exact) mass is 501 g/mol. The number of benzene rings is 2. The summed E-state index contributed by atoms with van der Waals surface area (Å²) < 4.78 is 5.73. The zero-order valence-corrected chi connectivity index (χ0v) is 21.4. The molecule has 1 aromatic heterocycles. The third kappa shape index (κ3) is 6.88. The summed E-state index contributed by atoms with van der Waals surface area (Å²) in [7, 11) is 0. The Labute approximate surface area is 217 Å². The third-order valence-corrected chi connectivity index (χ3v) is 6.83. The van der Waals surface area contributed by atoms with Crippen molar-refractivity contribution in [2.45, 2.75) is 58.2 Å². The Morgan fingerprint density at radius 1 is 1.05 bits per heavy atom. The maximum Gasteiger partial charge on any atom is 0.318 e. The van der Waals surface area contributed by atoms with Crippen molar-refractivity contribution in [1.82, 2.24) is 15.1 Å². The van der Waals surface area contributed by atoms with Crippen molar-refractivity contribution in [2.75, 3.05) is 13.1 Å². The highest BCUT2D eigenvalue weighted by atomic mass is 16.3. The normalized spacial score (nSPS) is 13.8. The average Bonchev–Trinajstić information content (AvgIpc) is 2.91. The number of aryl methyl sites for hydroxylation is 1. The minimum atomic E-state index is -0.263. The molecule has 0 aliphatic heterocycles. The van der Waals surface area contributed by atoms with Crippen LogP contribution in [0.15, 0.2) is 76.7 Å². The van der Waals surface area contributed by atoms with E-state index in [-0.39, 0.29) is 43.0 Å². The average molecular weight is 502 g/mol. The summed E-state index contributed by atoms with van der Waals surface area (Å²) in [5.41, 5.74) is 2.63. The summed E-state index contributed by atoms with van der Waals surface area (Å²) in [5, 5.41) is 3.58. The fourth-order valence-corrected chi connectivity index (χ4v) is 4.79. The standard InChI is InChI=1S/C30H35N3O4/c1-3-16-32(30(36)31-25-12-8-5-9-13-25)20-28(34)33(18-23-10-6-4-7-11-23)19-24-21-37-27-15-14-22(2)17-26(27)29(24)35/h3-4,6-7,10-11,14-15,17,21,25H,1,5,8-9,12-13,16,18-20H2,2H3,(H,31,36). The first kappa shape index (κ1) is 26.2. The van der Waals surface area contributed by atoms with Crippen LogP contribution in [0, 0.1) is 6.92 Å². The fraction of sp³-hybridized carbons (Fsp3) is 0.367. The van der Waals surface area contributed by atoms with Gasteiger partial charge >= 0.3 is 6.03 Å². The van der Waals surface area contributed by atoms with Crippen LogP contribution in [0.25, 0.3) is 11.0 Å². The van der Waals surface area contributed by atoms with Crippen molar-refractivity contribution in [3.63, 3.8) is 0 Å². The van der Waals surface area contributed by atoms with E-state index in [4.69, 9.17) is 4.42 Å². The number of fused-ring (bicyclic) bond motifs is 1. The van der Waals surface area contributed by atoms with Crippen molar-refractivity contribution in [3.05, 3.63) is 94.4 Å². The smallest absolute Gasteiger partial charge is 0.318 e. The molecule has 7 heteroatoms. The van der Waals surface area contributed by atoms with E-state index in [1.54, 1.807) is 23.1 Å². The van der Waals surface area contributed by atoms with Gasteiger partial charge in [0.2, 0.25) is 5.91 Å². The van der Waals surface area contributed by atoms with E-state index >= 15 is 0 Å². The van der Waals surface area contributed by atoms with E-state index in [2.05, 4.69) is 11.9 Å². The van der Waals surface area contributed by atoms with Gasteiger partial charge in [-0.25, -0.2) is 4.79 Å². The molecule has 0 unspecified atom stereocenters. The first-order valence-corrected chi connectivity index (χ1v) is 12.9. The lowest BCUT2D eigenvalue weighted by molar-refractivity contribution is -0.133. The maximum atomic E-state index is 13.6. The number of nitrogens with zero attached hydrogens (tertiary/aromatic N) is 2. The molecular weight excluding hydrogens is 466 g/mol. The molecule has 1 aliphatic rings. The zero-order valence-electron chi connectivity index (χ0n) is 21.4. The first-order chi connectivity index (χ1) is 17.9. The first-order valence-electron chi connectivity index (χ1n) is 12.9. The highest BCUT2D eigenvalue weighted by molar-refractivity contribution is 5.84. The van der Waals surface area contributed by atoms with Crippen molar-refractivity contribution in [1.29, 1.82) is 0 Å². The Balaban J connectivity index is 1.56. The SMILES string of the molecule is C=CCN(CC(=O)N(Cc1ccccc1)Cc1coc2ccc(C)cc2c1=O)C(=O)NC1CCCCC1. The summed E-state index contributed by atoms with van der Waals surface area (Å²) in [6.45, 7) is 6.20. The molecule has 1 saturated carbocycles. The Hall–Kier alpha value is -3.87. The fourth-order valence-electron chi connectivity index (χ4n) is 4.79. The molecule has 194 valence electrons. The van der Waals surface area contributed by atoms with Gasteiger partial charge in [0.05, 0.1) is 23.8 Å². The highest BCUT2D eigenvalue weighted by Gasteiger charge is 2.24. The largest absolute Gasteiger partial charge is 0.464 e. The predicted molar refractivity (Wildman–Crippen MR) is 145 cm³/mol. The lowest BCUT2D eigenvalue weighted by atomic mass is 9.96. The van der Waals surface area contributed by atoms with E-state index in [0.29, 0.717) is 23.1 Å².